The first kappa shape index (κ1) is 12.4. The van der Waals surface area contributed by atoms with Crippen molar-refractivity contribution in [3.63, 3.8) is 0 Å². The monoisotopic (exact) mass is 237 g/mol. The summed E-state index contributed by atoms with van der Waals surface area (Å²) in [6.45, 7) is 5.74. The van der Waals surface area contributed by atoms with Crippen LogP contribution in [0.15, 0.2) is 0 Å². The van der Waals surface area contributed by atoms with Crippen LogP contribution in [0, 0.1) is 11.8 Å². The van der Waals surface area contributed by atoms with Crippen molar-refractivity contribution in [1.82, 2.24) is 4.90 Å². The van der Waals surface area contributed by atoms with Crippen LogP contribution in [0.4, 0.5) is 0 Å². The van der Waals surface area contributed by atoms with Crippen molar-refractivity contribution in [2.24, 2.45) is 11.8 Å². The van der Waals surface area contributed by atoms with E-state index in [0.29, 0.717) is 6.04 Å². The van der Waals surface area contributed by atoms with Gasteiger partial charge in [-0.15, -0.1) is 0 Å². The summed E-state index contributed by atoms with van der Waals surface area (Å²) in [7, 11) is 2.42. The molecule has 1 nitrogen and oxygen atoms in total. The molecule has 0 aromatic rings. The average Bonchev–Trinajstić information content (AvgIpc) is 2.39. The predicted octanol–water partition coefficient (Wildman–Crippen LogP) is 2.66. The zero-order valence-corrected chi connectivity index (χ0v) is 11.7. The fourth-order valence-corrected chi connectivity index (χ4v) is 4.12. The smallest absolute Gasteiger partial charge is 0.105 e. The molecule has 2 aliphatic rings. The summed E-state index contributed by atoms with van der Waals surface area (Å²) in [6.07, 6.45) is 6.92. The Kier molecular flexibility index (Phi) is 3.94. The molecule has 1 heterocycles. The normalized spacial score (nSPS) is 36.1. The lowest BCUT2D eigenvalue weighted by atomic mass is 9.74. The third-order valence-corrected chi connectivity index (χ3v) is 4.99. The fourth-order valence-electron chi connectivity index (χ4n) is 3.51. The van der Waals surface area contributed by atoms with E-state index in [-0.39, 0.29) is 0 Å². The molecule has 3 heteroatoms. The fraction of sp³-hybridized carbons (Fsp3) is 0.923. The van der Waals surface area contributed by atoms with E-state index in [2.05, 4.69) is 26.6 Å². The molecule has 0 spiro atoms. The lowest BCUT2D eigenvalue weighted by Gasteiger charge is -2.42. The molecule has 0 amide bonds. The predicted molar refractivity (Wildman–Crippen MR) is 76.8 cm³/mol. The van der Waals surface area contributed by atoms with Gasteiger partial charge in [0.15, 0.2) is 0 Å². The summed E-state index contributed by atoms with van der Waals surface area (Å²) in [5.41, 5.74) is 0. The molecule has 1 aliphatic carbocycles. The van der Waals surface area contributed by atoms with Crippen LogP contribution in [0.25, 0.3) is 0 Å². The summed E-state index contributed by atoms with van der Waals surface area (Å²) in [5, 5.41) is 0. The van der Waals surface area contributed by atoms with E-state index < -0.39 is 0 Å². The highest BCUT2D eigenvalue weighted by molar-refractivity contribution is 7.80. The Bertz CT molecular complexity index is 267. The summed E-state index contributed by atoms with van der Waals surface area (Å²) in [4.78, 5) is 3.74. The van der Waals surface area contributed by atoms with Gasteiger partial charge in [0.2, 0.25) is 0 Å². The number of hydrogen-bond donors (Lipinski definition) is 0. The van der Waals surface area contributed by atoms with Gasteiger partial charge >= 0.3 is 0 Å². The zero-order valence-electron chi connectivity index (χ0n) is 10.9. The van der Waals surface area contributed by atoms with E-state index >= 15 is 0 Å². The van der Waals surface area contributed by atoms with Gasteiger partial charge in [-0.05, 0) is 32.6 Å². The third-order valence-electron chi connectivity index (χ3n) is 4.45. The highest BCUT2D eigenvalue weighted by atomic mass is 32.1. The highest BCUT2D eigenvalue weighted by Gasteiger charge is 2.36. The van der Waals surface area contributed by atoms with E-state index in [0.717, 1.165) is 17.7 Å². The molecule has 3 atom stereocenters. The maximum absolute atomic E-state index is 5.73. The first-order valence-corrected chi connectivity index (χ1v) is 7.31. The Morgan fingerprint density at radius 2 is 2.06 bits per heavy atom. The molecule has 1 saturated heterocycles. The maximum atomic E-state index is 5.73. The van der Waals surface area contributed by atoms with Crippen molar-refractivity contribution in [1.29, 1.82) is 0 Å². The van der Waals surface area contributed by atoms with E-state index in [1.54, 1.807) is 0 Å². The summed E-state index contributed by atoms with van der Waals surface area (Å²) in [6, 6.07) is 0.592. The number of thiocarbonyl (C=S) groups is 1. The van der Waals surface area contributed by atoms with Crippen LogP contribution in [0.2, 0.25) is 5.82 Å². The van der Waals surface area contributed by atoms with Gasteiger partial charge in [-0.3, -0.25) is 0 Å². The number of piperidine rings is 1. The number of fused-ring (bicyclic) bond motifs is 1. The van der Waals surface area contributed by atoms with Crippen molar-refractivity contribution in [2.75, 3.05) is 6.54 Å². The molecule has 1 aliphatic heterocycles. The van der Waals surface area contributed by atoms with Gasteiger partial charge in [0.05, 0.1) is 4.99 Å². The van der Waals surface area contributed by atoms with Gasteiger partial charge in [-0.1, -0.05) is 37.3 Å². The molecule has 0 aromatic heterocycles. The molecule has 0 N–H and O–H groups in total. The van der Waals surface area contributed by atoms with Crippen LogP contribution in [0.1, 0.15) is 46.0 Å². The van der Waals surface area contributed by atoms with Crippen LogP contribution in [-0.2, 0) is 0 Å². The van der Waals surface area contributed by atoms with Gasteiger partial charge in [0.1, 0.15) is 7.85 Å². The minimum absolute atomic E-state index is 0.592. The molecule has 90 valence electrons. The summed E-state index contributed by atoms with van der Waals surface area (Å²) >= 11 is 5.73. The van der Waals surface area contributed by atoms with Gasteiger partial charge in [-0.2, -0.15) is 0 Å². The summed E-state index contributed by atoms with van der Waals surface area (Å²) in [5.74, 6) is 2.53. The largest absolute Gasteiger partial charge is 0.363 e. The van der Waals surface area contributed by atoms with Crippen LogP contribution >= 0.6 is 12.2 Å². The lowest BCUT2D eigenvalue weighted by Crippen LogP contribution is -2.47. The van der Waals surface area contributed by atoms with E-state index in [1.807, 2.05) is 0 Å². The molecule has 2 fully saturated rings. The topological polar surface area (TPSA) is 3.24 Å². The van der Waals surface area contributed by atoms with Crippen LogP contribution in [-0.4, -0.2) is 30.3 Å². The third kappa shape index (κ3) is 2.44. The second kappa shape index (κ2) is 5.08. The average molecular weight is 237 g/mol. The van der Waals surface area contributed by atoms with Gasteiger partial charge in [0.25, 0.3) is 0 Å². The molecule has 16 heavy (non-hydrogen) atoms. The van der Waals surface area contributed by atoms with Gasteiger partial charge in [-0.25, -0.2) is 0 Å². The molecular formula is C13H24BNS. The second-order valence-corrected chi connectivity index (χ2v) is 6.47. The number of rotatable bonds is 1. The van der Waals surface area contributed by atoms with Crippen molar-refractivity contribution < 1.29 is 0 Å². The Balaban J connectivity index is 2.09. The van der Waals surface area contributed by atoms with Gasteiger partial charge < -0.3 is 4.90 Å². The van der Waals surface area contributed by atoms with Crippen LogP contribution in [0.5, 0.6) is 0 Å². The quantitative estimate of drug-likeness (QED) is 0.509. The zero-order chi connectivity index (χ0) is 11.7. The van der Waals surface area contributed by atoms with E-state index in [1.165, 1.54) is 43.6 Å². The molecule has 0 aromatic carbocycles. The molecule has 2 rings (SSSR count). The minimum Gasteiger partial charge on any atom is -0.363 e. The molecule has 0 radical (unpaired) electrons. The minimum atomic E-state index is 0.592. The van der Waals surface area contributed by atoms with Crippen molar-refractivity contribution in [3.05, 3.63) is 0 Å². The van der Waals surface area contributed by atoms with E-state index in [9.17, 15) is 0 Å². The number of likely N-dealkylation sites (tertiary alicyclic amines) is 1. The lowest BCUT2D eigenvalue weighted by molar-refractivity contribution is 0.224. The Morgan fingerprint density at radius 3 is 2.75 bits per heavy atom. The second-order valence-electron chi connectivity index (χ2n) is 6.05. The molecule has 3 unspecified atom stereocenters. The molecule has 1 saturated carbocycles. The molecular weight excluding hydrogens is 213 g/mol. The molecule has 0 bridgehead atoms. The van der Waals surface area contributed by atoms with Crippen molar-refractivity contribution in [3.8, 4) is 0 Å². The summed E-state index contributed by atoms with van der Waals surface area (Å²) < 4.78 is 0. The van der Waals surface area contributed by atoms with Crippen molar-refractivity contribution >= 4 is 25.1 Å². The van der Waals surface area contributed by atoms with Crippen LogP contribution < -0.4 is 0 Å². The van der Waals surface area contributed by atoms with Crippen molar-refractivity contribution in [2.45, 2.75) is 57.8 Å². The van der Waals surface area contributed by atoms with Crippen LogP contribution in [0.3, 0.4) is 0 Å². The Morgan fingerprint density at radius 1 is 1.31 bits per heavy atom. The maximum Gasteiger partial charge on any atom is 0.105 e. The SMILES string of the molecule is BC1CCCC2C(=S)N(C(C)C)CCC2C1. The van der Waals surface area contributed by atoms with Gasteiger partial charge in [0, 0.05) is 18.5 Å². The Labute approximate surface area is 106 Å². The first-order valence-electron chi connectivity index (χ1n) is 6.90. The number of nitrogens with zero attached hydrogens (tertiary/aromatic N) is 1. The Hall–Kier alpha value is -0.0451. The number of hydrogen-bond acceptors (Lipinski definition) is 1. The highest BCUT2D eigenvalue weighted by Crippen LogP contribution is 2.40. The van der Waals surface area contributed by atoms with E-state index in [4.69, 9.17) is 12.2 Å². The standard InChI is InChI=1S/C13H24BNS/c1-9(2)15-7-6-10-8-11(14)4-3-5-12(10)13(15)16/h9-12H,3-8,14H2,1-2H3. The first-order chi connectivity index (χ1) is 7.59.